The number of nitrogens with zero attached hydrogens (tertiary/aromatic N) is 1. The normalized spacial score (nSPS) is 9.54. The first-order chi connectivity index (χ1) is 11.6. The third-order valence-electron chi connectivity index (χ3n) is 2.94. The summed E-state index contributed by atoms with van der Waals surface area (Å²) in [6, 6.07) is 11.2. The molecular formula is C17H13FN2O4. The van der Waals surface area contributed by atoms with Crippen molar-refractivity contribution in [2.24, 2.45) is 0 Å². The van der Waals surface area contributed by atoms with Gasteiger partial charge >= 0.3 is 0 Å². The lowest BCUT2D eigenvalue weighted by Crippen LogP contribution is -2.23. The molecule has 0 radical (unpaired) electrons. The third kappa shape index (κ3) is 4.81. The number of carbonyl (C=O) groups excluding carboxylic acids is 1. The van der Waals surface area contributed by atoms with Crippen molar-refractivity contribution in [1.82, 2.24) is 5.32 Å². The average molecular weight is 328 g/mol. The molecule has 0 saturated carbocycles. The number of amides is 1. The fraction of sp³-hybridized carbons (Fsp3) is 0.118. The fourth-order valence-corrected chi connectivity index (χ4v) is 1.75. The first kappa shape index (κ1) is 17.0. The lowest BCUT2D eigenvalue weighted by Gasteiger charge is -2.02. The first-order valence-electron chi connectivity index (χ1n) is 6.93. The van der Waals surface area contributed by atoms with Crippen molar-refractivity contribution < 1.29 is 18.8 Å². The van der Waals surface area contributed by atoms with E-state index in [9.17, 15) is 19.3 Å². The van der Waals surface area contributed by atoms with Gasteiger partial charge in [0, 0.05) is 17.7 Å². The summed E-state index contributed by atoms with van der Waals surface area (Å²) in [6.07, 6.45) is 0. The van der Waals surface area contributed by atoms with Gasteiger partial charge in [-0.05, 0) is 24.3 Å². The zero-order valence-corrected chi connectivity index (χ0v) is 12.5. The maximum absolute atomic E-state index is 13.3. The second-order valence-electron chi connectivity index (χ2n) is 4.56. The van der Waals surface area contributed by atoms with Crippen molar-refractivity contribution in [3.63, 3.8) is 0 Å². The molecule has 1 N–H and O–H groups in total. The van der Waals surface area contributed by atoms with Crippen LogP contribution in [0.25, 0.3) is 0 Å². The number of nitro benzene ring substituents is 1. The maximum atomic E-state index is 13.3. The number of benzene rings is 2. The van der Waals surface area contributed by atoms with Gasteiger partial charge in [-0.2, -0.15) is 0 Å². The smallest absolute Gasteiger partial charge is 0.269 e. The predicted octanol–water partition coefficient (Wildman–Crippen LogP) is 2.55. The predicted molar refractivity (Wildman–Crippen MR) is 85.1 cm³/mol. The number of para-hydroxylation sites is 1. The van der Waals surface area contributed by atoms with Crippen LogP contribution in [0.5, 0.6) is 5.75 Å². The van der Waals surface area contributed by atoms with E-state index in [1.54, 1.807) is 12.1 Å². The van der Waals surface area contributed by atoms with Gasteiger partial charge in [0.05, 0.1) is 11.5 Å². The van der Waals surface area contributed by atoms with E-state index in [0.29, 0.717) is 5.56 Å². The number of rotatable bonds is 5. The summed E-state index contributed by atoms with van der Waals surface area (Å²) < 4.78 is 18.4. The standard InChI is InChI=1S/C17H13FN2O4/c18-15-5-1-2-6-16(15)24-12-4-3-11-19-17(21)13-7-9-14(10-8-13)20(22)23/h1-2,5-10H,11-12H2,(H,19,21). The number of halogens is 1. The molecule has 0 unspecified atom stereocenters. The molecule has 0 fully saturated rings. The number of carbonyl (C=O) groups is 1. The summed E-state index contributed by atoms with van der Waals surface area (Å²) in [4.78, 5) is 21.8. The Labute approximate surface area is 137 Å². The average Bonchev–Trinajstić information content (AvgIpc) is 2.59. The van der Waals surface area contributed by atoms with Gasteiger partial charge in [0.1, 0.15) is 6.61 Å². The number of non-ortho nitro benzene ring substituents is 1. The molecule has 2 aromatic carbocycles. The van der Waals surface area contributed by atoms with E-state index >= 15 is 0 Å². The van der Waals surface area contributed by atoms with Crippen LogP contribution in [-0.2, 0) is 0 Å². The molecule has 0 spiro atoms. The van der Waals surface area contributed by atoms with Crippen LogP contribution in [-0.4, -0.2) is 24.0 Å². The van der Waals surface area contributed by atoms with Crippen LogP contribution >= 0.6 is 0 Å². The van der Waals surface area contributed by atoms with Crippen LogP contribution < -0.4 is 10.1 Å². The van der Waals surface area contributed by atoms with Gasteiger partial charge in [0.2, 0.25) is 0 Å². The molecule has 24 heavy (non-hydrogen) atoms. The Bertz CT molecular complexity index is 794. The Morgan fingerprint density at radius 3 is 2.54 bits per heavy atom. The SMILES string of the molecule is O=C(NCC#CCOc1ccccc1F)c1ccc([N+](=O)[O-])cc1. The highest BCUT2D eigenvalue weighted by molar-refractivity contribution is 5.94. The van der Waals surface area contributed by atoms with Crippen molar-refractivity contribution in [2.45, 2.75) is 0 Å². The summed E-state index contributed by atoms with van der Waals surface area (Å²) in [5, 5.41) is 13.1. The van der Waals surface area contributed by atoms with Crippen LogP contribution in [0.4, 0.5) is 10.1 Å². The van der Waals surface area contributed by atoms with Crippen LogP contribution in [0.15, 0.2) is 48.5 Å². The van der Waals surface area contributed by atoms with Crippen LogP contribution in [0, 0.1) is 27.8 Å². The summed E-state index contributed by atoms with van der Waals surface area (Å²) >= 11 is 0. The highest BCUT2D eigenvalue weighted by Gasteiger charge is 2.08. The molecule has 0 aliphatic heterocycles. The van der Waals surface area contributed by atoms with Crippen molar-refractivity contribution in [3.05, 3.63) is 70.0 Å². The molecule has 7 heteroatoms. The van der Waals surface area contributed by atoms with Crippen LogP contribution in [0.2, 0.25) is 0 Å². The van der Waals surface area contributed by atoms with Gasteiger partial charge in [-0.3, -0.25) is 14.9 Å². The van der Waals surface area contributed by atoms with Gasteiger partial charge in [-0.1, -0.05) is 24.0 Å². The van der Waals surface area contributed by atoms with Crippen molar-refractivity contribution in [2.75, 3.05) is 13.2 Å². The van der Waals surface area contributed by atoms with Gasteiger partial charge in [0.15, 0.2) is 11.6 Å². The Hall–Kier alpha value is -3.40. The van der Waals surface area contributed by atoms with E-state index in [4.69, 9.17) is 4.74 Å². The van der Waals surface area contributed by atoms with Crippen molar-refractivity contribution in [3.8, 4) is 17.6 Å². The molecule has 0 atom stereocenters. The second-order valence-corrected chi connectivity index (χ2v) is 4.56. The van der Waals surface area contributed by atoms with E-state index in [1.165, 1.54) is 36.4 Å². The first-order valence-corrected chi connectivity index (χ1v) is 6.93. The minimum absolute atomic E-state index is 0.00562. The quantitative estimate of drug-likeness (QED) is 0.519. The lowest BCUT2D eigenvalue weighted by atomic mass is 10.2. The van der Waals surface area contributed by atoms with E-state index in [0.717, 1.165) is 0 Å². The summed E-state index contributed by atoms with van der Waals surface area (Å²) in [7, 11) is 0. The zero-order chi connectivity index (χ0) is 17.4. The van der Waals surface area contributed by atoms with E-state index in [2.05, 4.69) is 17.2 Å². The maximum Gasteiger partial charge on any atom is 0.269 e. The Morgan fingerprint density at radius 2 is 1.88 bits per heavy atom. The fourth-order valence-electron chi connectivity index (χ4n) is 1.75. The van der Waals surface area contributed by atoms with Crippen LogP contribution in [0.1, 0.15) is 10.4 Å². The van der Waals surface area contributed by atoms with Gasteiger partial charge < -0.3 is 10.1 Å². The molecule has 0 aromatic heterocycles. The highest BCUT2D eigenvalue weighted by atomic mass is 19.1. The number of nitrogens with one attached hydrogen (secondary N) is 1. The summed E-state index contributed by atoms with van der Waals surface area (Å²) in [6.45, 7) is 0.0742. The highest BCUT2D eigenvalue weighted by Crippen LogP contribution is 2.14. The molecule has 0 heterocycles. The number of nitro groups is 1. The van der Waals surface area contributed by atoms with E-state index in [1.807, 2.05) is 0 Å². The number of ether oxygens (including phenoxy) is 1. The molecule has 6 nitrogen and oxygen atoms in total. The molecule has 0 aliphatic rings. The third-order valence-corrected chi connectivity index (χ3v) is 2.94. The molecule has 0 aliphatic carbocycles. The monoisotopic (exact) mass is 328 g/mol. The Balaban J connectivity index is 1.77. The molecule has 1 amide bonds. The zero-order valence-electron chi connectivity index (χ0n) is 12.5. The van der Waals surface area contributed by atoms with E-state index in [-0.39, 0.29) is 24.6 Å². The Morgan fingerprint density at radius 1 is 1.17 bits per heavy atom. The van der Waals surface area contributed by atoms with Gasteiger partial charge in [-0.25, -0.2) is 4.39 Å². The Kier molecular flexibility index (Phi) is 5.86. The largest absolute Gasteiger partial charge is 0.478 e. The minimum Gasteiger partial charge on any atom is -0.478 e. The van der Waals surface area contributed by atoms with Crippen molar-refractivity contribution in [1.29, 1.82) is 0 Å². The van der Waals surface area contributed by atoms with Gasteiger partial charge in [0.25, 0.3) is 11.6 Å². The molecule has 0 saturated heterocycles. The number of hydrogen-bond acceptors (Lipinski definition) is 4. The number of hydrogen-bond donors (Lipinski definition) is 1. The second kappa shape index (κ2) is 8.29. The van der Waals surface area contributed by atoms with Gasteiger partial charge in [-0.15, -0.1) is 0 Å². The molecular weight excluding hydrogens is 315 g/mol. The lowest BCUT2D eigenvalue weighted by molar-refractivity contribution is -0.384. The molecule has 122 valence electrons. The molecule has 0 bridgehead atoms. The van der Waals surface area contributed by atoms with E-state index < -0.39 is 16.6 Å². The topological polar surface area (TPSA) is 81.5 Å². The molecule has 2 aromatic rings. The molecule has 2 rings (SSSR count). The van der Waals surface area contributed by atoms with Crippen LogP contribution in [0.3, 0.4) is 0 Å². The summed E-state index contributed by atoms with van der Waals surface area (Å²) in [5.41, 5.74) is 0.210. The van der Waals surface area contributed by atoms with Crippen molar-refractivity contribution >= 4 is 11.6 Å². The summed E-state index contributed by atoms with van der Waals surface area (Å²) in [5.74, 6) is 4.57. The minimum atomic E-state index is -0.539.